The quantitative estimate of drug-likeness (QED) is 0.677. The Bertz CT molecular complexity index is 625. The van der Waals surface area contributed by atoms with Gasteiger partial charge in [0.1, 0.15) is 0 Å². The van der Waals surface area contributed by atoms with Crippen molar-refractivity contribution in [1.82, 2.24) is 9.62 Å². The van der Waals surface area contributed by atoms with Crippen molar-refractivity contribution in [1.29, 1.82) is 0 Å². The minimum absolute atomic E-state index is 0.120. The van der Waals surface area contributed by atoms with Crippen LogP contribution in [0.15, 0.2) is 29.2 Å². The third-order valence-electron chi connectivity index (χ3n) is 3.83. The molecule has 0 spiro atoms. The molecule has 1 unspecified atom stereocenters. The average molecular weight is 357 g/mol. The van der Waals surface area contributed by atoms with Gasteiger partial charge in [-0.15, -0.1) is 0 Å². The van der Waals surface area contributed by atoms with Gasteiger partial charge in [0.2, 0.25) is 15.9 Å². The number of nitrogens with two attached hydrogens (primary N) is 1. The van der Waals surface area contributed by atoms with E-state index in [2.05, 4.69) is 5.32 Å². The van der Waals surface area contributed by atoms with Crippen LogP contribution in [0.25, 0.3) is 0 Å². The first-order valence-corrected chi connectivity index (χ1v) is 9.23. The third-order valence-corrected chi connectivity index (χ3v) is 5.87. The molecule has 0 fully saturated rings. The van der Waals surface area contributed by atoms with Gasteiger partial charge in [0.05, 0.1) is 17.4 Å². The molecule has 0 aliphatic heterocycles. The predicted octanol–water partition coefficient (Wildman–Crippen LogP) is 0.696. The molecule has 1 amide bonds. The van der Waals surface area contributed by atoms with E-state index in [0.717, 1.165) is 5.56 Å². The van der Waals surface area contributed by atoms with Gasteiger partial charge >= 0.3 is 0 Å². The molecule has 0 saturated carbocycles. The smallest absolute Gasteiger partial charge is 0.243 e. The highest BCUT2D eigenvalue weighted by Gasteiger charge is 2.22. The van der Waals surface area contributed by atoms with Crippen LogP contribution in [0.5, 0.6) is 0 Å². The van der Waals surface area contributed by atoms with Crippen molar-refractivity contribution < 1.29 is 17.9 Å². The van der Waals surface area contributed by atoms with Gasteiger partial charge in [0.25, 0.3) is 0 Å². The van der Waals surface area contributed by atoms with E-state index >= 15 is 0 Å². The van der Waals surface area contributed by atoms with E-state index < -0.39 is 10.0 Å². The van der Waals surface area contributed by atoms with Crippen LogP contribution in [0.2, 0.25) is 0 Å². The molecule has 0 aliphatic rings. The van der Waals surface area contributed by atoms with Gasteiger partial charge in [-0.2, -0.15) is 4.31 Å². The van der Waals surface area contributed by atoms with E-state index in [4.69, 9.17) is 10.5 Å². The van der Waals surface area contributed by atoms with Crippen LogP contribution in [-0.2, 0) is 26.1 Å². The van der Waals surface area contributed by atoms with Crippen LogP contribution in [0.3, 0.4) is 0 Å². The minimum Gasteiger partial charge on any atom is -0.380 e. The van der Waals surface area contributed by atoms with Crippen molar-refractivity contribution in [3.63, 3.8) is 0 Å². The maximum atomic E-state index is 12.4. The minimum atomic E-state index is -3.49. The van der Waals surface area contributed by atoms with Crippen molar-refractivity contribution >= 4 is 15.9 Å². The monoisotopic (exact) mass is 357 g/mol. The Hall–Kier alpha value is -1.48. The summed E-state index contributed by atoms with van der Waals surface area (Å²) in [5.74, 6) is -0.163. The summed E-state index contributed by atoms with van der Waals surface area (Å²) in [7, 11) is -0.428. The largest absolute Gasteiger partial charge is 0.380 e. The summed E-state index contributed by atoms with van der Waals surface area (Å²) in [6.45, 7) is 4.23. The van der Waals surface area contributed by atoms with Gasteiger partial charge in [-0.25, -0.2) is 8.42 Å². The summed E-state index contributed by atoms with van der Waals surface area (Å²) in [6.07, 6.45) is -0.109. The molecule has 1 aromatic carbocycles. The number of carbonyl (C=O) groups excluding carboxylic acids is 1. The van der Waals surface area contributed by atoms with Gasteiger partial charge in [-0.1, -0.05) is 12.1 Å². The second-order valence-corrected chi connectivity index (χ2v) is 7.83. The number of benzene rings is 1. The van der Waals surface area contributed by atoms with Crippen LogP contribution in [0.1, 0.15) is 25.8 Å². The van der Waals surface area contributed by atoms with Crippen LogP contribution in [-0.4, -0.2) is 51.5 Å². The molecule has 0 saturated heterocycles. The summed E-state index contributed by atoms with van der Waals surface area (Å²) < 4.78 is 31.1. The van der Waals surface area contributed by atoms with Crippen LogP contribution in [0.4, 0.5) is 0 Å². The summed E-state index contributed by atoms with van der Waals surface area (Å²) in [6, 6.07) is 6.36. The van der Waals surface area contributed by atoms with Gasteiger partial charge < -0.3 is 15.8 Å². The second-order valence-electron chi connectivity index (χ2n) is 5.83. The molecule has 0 bridgehead atoms. The highest BCUT2D eigenvalue weighted by Crippen LogP contribution is 2.17. The molecular weight excluding hydrogens is 330 g/mol. The van der Waals surface area contributed by atoms with E-state index in [1.54, 1.807) is 31.3 Å². The zero-order valence-electron chi connectivity index (χ0n) is 14.7. The number of rotatable bonds is 9. The molecule has 0 aliphatic carbocycles. The SMILES string of the molecule is COC(CN)CC(=O)NCc1ccc(S(=O)(=O)N(C)C(C)C)cc1. The first-order chi connectivity index (χ1) is 11.2. The van der Waals surface area contributed by atoms with E-state index in [-0.39, 0.29) is 35.9 Å². The number of hydrogen-bond acceptors (Lipinski definition) is 5. The van der Waals surface area contributed by atoms with E-state index in [1.807, 2.05) is 13.8 Å². The van der Waals surface area contributed by atoms with Crippen molar-refractivity contribution in [3.8, 4) is 0 Å². The lowest BCUT2D eigenvalue weighted by Gasteiger charge is -2.21. The Morgan fingerprint density at radius 2 is 1.88 bits per heavy atom. The van der Waals surface area contributed by atoms with E-state index in [9.17, 15) is 13.2 Å². The fraction of sp³-hybridized carbons (Fsp3) is 0.562. The lowest BCUT2D eigenvalue weighted by atomic mass is 10.2. The van der Waals surface area contributed by atoms with Gasteiger partial charge in [-0.3, -0.25) is 4.79 Å². The highest BCUT2D eigenvalue weighted by molar-refractivity contribution is 7.89. The first-order valence-electron chi connectivity index (χ1n) is 7.78. The number of hydrogen-bond donors (Lipinski definition) is 2. The topological polar surface area (TPSA) is 102 Å². The molecule has 3 N–H and O–H groups in total. The maximum Gasteiger partial charge on any atom is 0.243 e. The van der Waals surface area contributed by atoms with E-state index in [1.165, 1.54) is 11.4 Å². The molecule has 8 heteroatoms. The van der Waals surface area contributed by atoms with Gasteiger partial charge in [-0.05, 0) is 31.5 Å². The van der Waals surface area contributed by atoms with Crippen LogP contribution < -0.4 is 11.1 Å². The lowest BCUT2D eigenvalue weighted by Crippen LogP contribution is -2.33. The Morgan fingerprint density at radius 3 is 2.33 bits per heavy atom. The summed E-state index contributed by atoms with van der Waals surface area (Å²) in [5.41, 5.74) is 6.29. The van der Waals surface area contributed by atoms with Crippen molar-refractivity contribution in [2.75, 3.05) is 20.7 Å². The normalized spacial score (nSPS) is 13.3. The van der Waals surface area contributed by atoms with Gasteiger partial charge in [0, 0.05) is 33.3 Å². The Morgan fingerprint density at radius 1 is 1.29 bits per heavy atom. The van der Waals surface area contributed by atoms with Crippen molar-refractivity contribution in [3.05, 3.63) is 29.8 Å². The fourth-order valence-electron chi connectivity index (χ4n) is 1.97. The molecular formula is C16H27N3O4S. The molecule has 1 rings (SSSR count). The molecule has 136 valence electrons. The Kier molecular flexibility index (Phi) is 7.82. The third kappa shape index (κ3) is 5.55. The van der Waals surface area contributed by atoms with Crippen molar-refractivity contribution in [2.24, 2.45) is 5.73 Å². The standard InChI is InChI=1S/C16H27N3O4S/c1-12(2)19(3)24(21,22)15-7-5-13(6-8-15)11-18-16(20)9-14(10-17)23-4/h5-8,12,14H,9-11,17H2,1-4H3,(H,18,20). The lowest BCUT2D eigenvalue weighted by molar-refractivity contribution is -0.123. The molecule has 0 aromatic heterocycles. The molecule has 1 aromatic rings. The summed E-state index contributed by atoms with van der Waals surface area (Å²) >= 11 is 0. The number of sulfonamides is 1. The highest BCUT2D eigenvalue weighted by atomic mass is 32.2. The van der Waals surface area contributed by atoms with Crippen LogP contribution in [0, 0.1) is 0 Å². The molecule has 24 heavy (non-hydrogen) atoms. The second kappa shape index (κ2) is 9.12. The van der Waals surface area contributed by atoms with Gasteiger partial charge in [0.15, 0.2) is 0 Å². The molecule has 0 heterocycles. The fourth-order valence-corrected chi connectivity index (χ4v) is 3.33. The number of ether oxygens (including phenoxy) is 1. The number of amides is 1. The average Bonchev–Trinajstić information content (AvgIpc) is 2.57. The van der Waals surface area contributed by atoms with Crippen molar-refractivity contribution in [2.45, 2.75) is 43.9 Å². The Balaban J connectivity index is 2.67. The molecule has 1 atom stereocenters. The zero-order chi connectivity index (χ0) is 18.3. The number of nitrogens with zero attached hydrogens (tertiary/aromatic N) is 1. The Labute approximate surface area is 144 Å². The van der Waals surface area contributed by atoms with Crippen LogP contribution >= 0.6 is 0 Å². The first kappa shape index (κ1) is 20.6. The molecule has 7 nitrogen and oxygen atoms in total. The number of methoxy groups -OCH3 is 1. The van der Waals surface area contributed by atoms with E-state index in [0.29, 0.717) is 6.54 Å². The molecule has 0 radical (unpaired) electrons. The zero-order valence-corrected chi connectivity index (χ0v) is 15.5. The number of nitrogens with one attached hydrogen (secondary N) is 1. The maximum absolute atomic E-state index is 12.4. The summed E-state index contributed by atoms with van der Waals surface area (Å²) in [5, 5.41) is 2.76. The summed E-state index contributed by atoms with van der Waals surface area (Å²) in [4.78, 5) is 12.0. The number of carbonyl (C=O) groups is 1. The predicted molar refractivity (Wildman–Crippen MR) is 92.8 cm³/mol.